The summed E-state index contributed by atoms with van der Waals surface area (Å²) in [5.74, 6) is -3.39. The largest absolute Gasteiger partial charge is 0.383 e. The molecule has 0 heterocycles. The minimum atomic E-state index is -4.50. The van der Waals surface area contributed by atoms with Gasteiger partial charge in [-0.15, -0.1) is 0 Å². The Kier molecular flexibility index (Phi) is 4.83. The molecule has 0 amide bonds. The molecule has 0 saturated carbocycles. The molecule has 0 aliphatic rings. The van der Waals surface area contributed by atoms with Crippen LogP contribution in [0.5, 0.6) is 0 Å². The fourth-order valence-electron chi connectivity index (χ4n) is 1.16. The minimum absolute atomic E-state index is 0.384. The number of benzene rings is 1. The van der Waals surface area contributed by atoms with Gasteiger partial charge in [0.2, 0.25) is 9.84 Å². The predicted octanol–water partition coefficient (Wildman–Crippen LogP) is 1.74. The number of rotatable bonds is 6. The van der Waals surface area contributed by atoms with E-state index in [0.717, 1.165) is 12.1 Å². The first kappa shape index (κ1) is 13.9. The molecule has 1 aromatic carbocycles. The number of methoxy groups -OCH3 is 1. The monoisotopic (exact) mass is 265 g/mol. The molecule has 0 fully saturated rings. The second-order valence-corrected chi connectivity index (χ2v) is 5.17. The van der Waals surface area contributed by atoms with Gasteiger partial charge < -0.3 is 10.1 Å². The molecule has 0 aliphatic carbocycles. The van der Waals surface area contributed by atoms with Gasteiger partial charge in [-0.05, 0) is 24.3 Å². The highest BCUT2D eigenvalue weighted by Crippen LogP contribution is 2.19. The SMILES string of the molecule is COCCNc1ccc(S(=O)(=O)C(F)F)cc1. The third-order valence-electron chi connectivity index (χ3n) is 2.05. The Morgan fingerprint density at radius 2 is 1.88 bits per heavy atom. The number of anilines is 1. The lowest BCUT2D eigenvalue weighted by Gasteiger charge is -2.07. The molecule has 1 rings (SSSR count). The third kappa shape index (κ3) is 3.64. The van der Waals surface area contributed by atoms with Crippen molar-refractivity contribution in [2.75, 3.05) is 25.6 Å². The highest BCUT2D eigenvalue weighted by Gasteiger charge is 2.26. The van der Waals surface area contributed by atoms with Gasteiger partial charge in [-0.3, -0.25) is 0 Å². The second kappa shape index (κ2) is 5.92. The Hall–Kier alpha value is -1.21. The second-order valence-electron chi connectivity index (χ2n) is 3.25. The highest BCUT2D eigenvalue weighted by molar-refractivity contribution is 7.91. The molecule has 0 radical (unpaired) electrons. The maximum absolute atomic E-state index is 12.2. The molecule has 0 unspecified atom stereocenters. The van der Waals surface area contributed by atoms with Crippen molar-refractivity contribution in [3.05, 3.63) is 24.3 Å². The quantitative estimate of drug-likeness (QED) is 0.796. The molecule has 0 bridgehead atoms. The van der Waals surface area contributed by atoms with E-state index in [1.165, 1.54) is 12.1 Å². The normalized spacial score (nSPS) is 11.8. The molecule has 0 atom stereocenters. The molecular formula is C10H13F2NO3S. The molecule has 96 valence electrons. The maximum Gasteiger partial charge on any atom is 0.341 e. The van der Waals surface area contributed by atoms with Gasteiger partial charge in [0.25, 0.3) is 0 Å². The number of hydrogen-bond donors (Lipinski definition) is 1. The Morgan fingerprint density at radius 1 is 1.29 bits per heavy atom. The first-order valence-electron chi connectivity index (χ1n) is 4.83. The average Bonchev–Trinajstić information content (AvgIpc) is 2.30. The molecule has 4 nitrogen and oxygen atoms in total. The Labute approximate surface area is 98.5 Å². The molecule has 1 N–H and O–H groups in total. The van der Waals surface area contributed by atoms with Crippen LogP contribution in [0.25, 0.3) is 0 Å². The summed E-state index contributed by atoms with van der Waals surface area (Å²) in [4.78, 5) is -0.384. The summed E-state index contributed by atoms with van der Waals surface area (Å²) in [7, 11) is -2.95. The molecule has 1 aromatic rings. The van der Waals surface area contributed by atoms with Crippen LogP contribution < -0.4 is 5.32 Å². The Balaban J connectivity index is 2.75. The van der Waals surface area contributed by atoms with E-state index in [1.54, 1.807) is 7.11 Å². The van der Waals surface area contributed by atoms with Gasteiger partial charge in [0.15, 0.2) is 0 Å². The van der Waals surface area contributed by atoms with Crippen LogP contribution in [0.15, 0.2) is 29.2 Å². The van der Waals surface area contributed by atoms with Crippen LogP contribution in [0.4, 0.5) is 14.5 Å². The van der Waals surface area contributed by atoms with Gasteiger partial charge in [0.05, 0.1) is 11.5 Å². The summed E-state index contributed by atoms with van der Waals surface area (Å²) in [5, 5.41) is 2.95. The van der Waals surface area contributed by atoms with Crippen LogP contribution in [0.1, 0.15) is 0 Å². The van der Waals surface area contributed by atoms with E-state index in [0.29, 0.717) is 18.8 Å². The van der Waals surface area contributed by atoms with E-state index in [2.05, 4.69) is 5.32 Å². The smallest absolute Gasteiger partial charge is 0.341 e. The Morgan fingerprint density at radius 3 is 2.35 bits per heavy atom. The van der Waals surface area contributed by atoms with Crippen molar-refractivity contribution in [3.8, 4) is 0 Å². The molecule has 7 heteroatoms. The lowest BCUT2D eigenvalue weighted by Crippen LogP contribution is -2.11. The first-order chi connectivity index (χ1) is 7.98. The first-order valence-corrected chi connectivity index (χ1v) is 6.38. The molecule has 0 spiro atoms. The van der Waals surface area contributed by atoms with Gasteiger partial charge in [0.1, 0.15) is 0 Å². The summed E-state index contributed by atoms with van der Waals surface area (Å²) in [6.45, 7) is 1.05. The van der Waals surface area contributed by atoms with E-state index < -0.39 is 15.6 Å². The van der Waals surface area contributed by atoms with Crippen LogP contribution in [0.2, 0.25) is 0 Å². The zero-order valence-corrected chi connectivity index (χ0v) is 10.0. The minimum Gasteiger partial charge on any atom is -0.383 e. The van der Waals surface area contributed by atoms with Crippen molar-refractivity contribution in [1.82, 2.24) is 0 Å². The van der Waals surface area contributed by atoms with E-state index in [9.17, 15) is 17.2 Å². The van der Waals surface area contributed by atoms with E-state index in [-0.39, 0.29) is 4.90 Å². The summed E-state index contributed by atoms with van der Waals surface area (Å²) in [6, 6.07) is 5.17. The number of alkyl halides is 2. The van der Waals surface area contributed by atoms with Gasteiger partial charge in [-0.2, -0.15) is 8.78 Å². The van der Waals surface area contributed by atoms with Crippen LogP contribution in [0.3, 0.4) is 0 Å². The van der Waals surface area contributed by atoms with Crippen LogP contribution in [-0.4, -0.2) is 34.4 Å². The molecule has 0 aromatic heterocycles. The lowest BCUT2D eigenvalue weighted by atomic mass is 10.3. The summed E-state index contributed by atoms with van der Waals surface area (Å²) < 4.78 is 51.5. The van der Waals surface area contributed by atoms with Crippen LogP contribution in [0, 0.1) is 0 Å². The number of sulfone groups is 1. The average molecular weight is 265 g/mol. The van der Waals surface area contributed by atoms with Crippen molar-refractivity contribution in [2.24, 2.45) is 0 Å². The van der Waals surface area contributed by atoms with E-state index in [4.69, 9.17) is 4.74 Å². The molecule has 17 heavy (non-hydrogen) atoms. The van der Waals surface area contributed by atoms with Crippen molar-refractivity contribution in [2.45, 2.75) is 10.7 Å². The van der Waals surface area contributed by atoms with Crippen molar-refractivity contribution < 1.29 is 21.9 Å². The fourth-order valence-corrected chi connectivity index (χ4v) is 1.88. The molecular weight excluding hydrogens is 252 g/mol. The van der Waals surface area contributed by atoms with Gasteiger partial charge in [-0.25, -0.2) is 8.42 Å². The van der Waals surface area contributed by atoms with Crippen molar-refractivity contribution in [1.29, 1.82) is 0 Å². The number of ether oxygens (including phenoxy) is 1. The Bertz CT molecular complexity index is 445. The zero-order chi connectivity index (χ0) is 12.9. The third-order valence-corrected chi connectivity index (χ3v) is 3.45. The number of hydrogen-bond acceptors (Lipinski definition) is 4. The molecule has 0 saturated heterocycles. The zero-order valence-electron chi connectivity index (χ0n) is 9.19. The van der Waals surface area contributed by atoms with Crippen molar-refractivity contribution >= 4 is 15.5 Å². The van der Waals surface area contributed by atoms with E-state index in [1.807, 2.05) is 0 Å². The van der Waals surface area contributed by atoms with Gasteiger partial charge >= 0.3 is 5.76 Å². The fraction of sp³-hybridized carbons (Fsp3) is 0.400. The summed E-state index contributed by atoms with van der Waals surface area (Å²) >= 11 is 0. The number of nitrogens with one attached hydrogen (secondary N) is 1. The van der Waals surface area contributed by atoms with Crippen LogP contribution in [-0.2, 0) is 14.6 Å². The standard InChI is InChI=1S/C10H13F2NO3S/c1-16-7-6-13-8-2-4-9(5-3-8)17(14,15)10(11)12/h2-5,10,13H,6-7H2,1H3. The maximum atomic E-state index is 12.2. The van der Waals surface area contributed by atoms with Crippen LogP contribution >= 0.6 is 0 Å². The highest BCUT2D eigenvalue weighted by atomic mass is 32.2. The molecule has 0 aliphatic heterocycles. The lowest BCUT2D eigenvalue weighted by molar-refractivity contribution is 0.211. The predicted molar refractivity (Wildman–Crippen MR) is 60.0 cm³/mol. The summed E-state index contributed by atoms with van der Waals surface area (Å²) in [6.07, 6.45) is 0. The van der Waals surface area contributed by atoms with Crippen molar-refractivity contribution in [3.63, 3.8) is 0 Å². The van der Waals surface area contributed by atoms with Gasteiger partial charge in [0, 0.05) is 19.3 Å². The topological polar surface area (TPSA) is 55.4 Å². The van der Waals surface area contributed by atoms with Gasteiger partial charge in [-0.1, -0.05) is 0 Å². The summed E-state index contributed by atoms with van der Waals surface area (Å²) in [5.41, 5.74) is 0.648. The number of halogens is 2. The van der Waals surface area contributed by atoms with E-state index >= 15 is 0 Å².